The molecule has 0 fully saturated rings. The molecule has 18 heavy (non-hydrogen) atoms. The molecular formula is C14H34I2N2. The summed E-state index contributed by atoms with van der Waals surface area (Å²) < 4.78 is 2.35. The van der Waals surface area contributed by atoms with Crippen molar-refractivity contribution < 1.29 is 56.9 Å². The Bertz CT molecular complexity index is 163. The second-order valence-corrected chi connectivity index (χ2v) is 6.37. The maximum atomic E-state index is 2.33. The van der Waals surface area contributed by atoms with Crippen LogP contribution in [0.1, 0.15) is 39.5 Å². The SMILES string of the molecule is CC[N+](C)(C)CCCCCC[N+](C)(C)CC.[I-].[I-]. The van der Waals surface area contributed by atoms with Gasteiger partial charge in [0.1, 0.15) is 0 Å². The van der Waals surface area contributed by atoms with Crippen LogP contribution in [-0.2, 0) is 0 Å². The smallest absolute Gasteiger partial charge is 0.0782 e. The molecule has 0 aromatic carbocycles. The summed E-state index contributed by atoms with van der Waals surface area (Å²) in [6.07, 6.45) is 5.59. The van der Waals surface area contributed by atoms with E-state index in [9.17, 15) is 0 Å². The van der Waals surface area contributed by atoms with E-state index in [-0.39, 0.29) is 48.0 Å². The maximum absolute atomic E-state index is 2.33. The van der Waals surface area contributed by atoms with Crippen LogP contribution in [0.5, 0.6) is 0 Å². The minimum Gasteiger partial charge on any atom is -1.00 e. The molecule has 0 unspecified atom stereocenters. The molecule has 0 aromatic rings. The molecule has 4 heteroatoms. The van der Waals surface area contributed by atoms with E-state index in [0.717, 1.165) is 0 Å². The van der Waals surface area contributed by atoms with Gasteiger partial charge in [0.05, 0.1) is 54.4 Å². The molecule has 0 bridgehead atoms. The van der Waals surface area contributed by atoms with Crippen LogP contribution in [-0.4, -0.2) is 63.3 Å². The van der Waals surface area contributed by atoms with Crippen LogP contribution < -0.4 is 48.0 Å². The molecule has 0 heterocycles. The first kappa shape index (κ1) is 24.4. The second kappa shape index (κ2) is 12.1. The third-order valence-corrected chi connectivity index (χ3v) is 3.99. The number of nitrogens with zero attached hydrogens (tertiary/aromatic N) is 2. The molecule has 2 nitrogen and oxygen atoms in total. The summed E-state index contributed by atoms with van der Waals surface area (Å²) in [5.41, 5.74) is 0. The number of quaternary nitrogens is 2. The molecule has 0 aliphatic rings. The summed E-state index contributed by atoms with van der Waals surface area (Å²) in [7, 11) is 9.32. The number of hydrogen-bond donors (Lipinski definition) is 0. The van der Waals surface area contributed by atoms with Gasteiger partial charge in [0.25, 0.3) is 0 Å². The summed E-state index contributed by atoms with van der Waals surface area (Å²) in [5.74, 6) is 0. The molecular weight excluding hydrogens is 450 g/mol. The number of hydrogen-bond acceptors (Lipinski definition) is 0. The van der Waals surface area contributed by atoms with Crippen LogP contribution in [0.2, 0.25) is 0 Å². The quantitative estimate of drug-likeness (QED) is 0.183. The summed E-state index contributed by atoms with van der Waals surface area (Å²) in [6, 6.07) is 0. The summed E-state index contributed by atoms with van der Waals surface area (Å²) in [6.45, 7) is 9.73. The Labute approximate surface area is 150 Å². The van der Waals surface area contributed by atoms with Crippen molar-refractivity contribution in [2.75, 3.05) is 54.4 Å². The Morgan fingerprint density at radius 2 is 0.833 bits per heavy atom. The molecule has 0 aliphatic heterocycles. The van der Waals surface area contributed by atoms with Crippen molar-refractivity contribution in [1.82, 2.24) is 0 Å². The second-order valence-electron chi connectivity index (χ2n) is 6.37. The number of rotatable bonds is 9. The van der Waals surface area contributed by atoms with E-state index in [1.165, 1.54) is 60.8 Å². The lowest BCUT2D eigenvalue weighted by atomic mass is 10.1. The molecule has 0 saturated heterocycles. The topological polar surface area (TPSA) is 0 Å². The molecule has 0 atom stereocenters. The summed E-state index contributed by atoms with van der Waals surface area (Å²) in [5, 5.41) is 0. The van der Waals surface area contributed by atoms with Gasteiger partial charge in [-0.3, -0.25) is 0 Å². The van der Waals surface area contributed by atoms with Crippen molar-refractivity contribution in [3.8, 4) is 0 Å². The first-order chi connectivity index (χ1) is 7.33. The van der Waals surface area contributed by atoms with Gasteiger partial charge in [0, 0.05) is 0 Å². The molecule has 0 radical (unpaired) electrons. The van der Waals surface area contributed by atoms with Gasteiger partial charge >= 0.3 is 0 Å². The summed E-state index contributed by atoms with van der Waals surface area (Å²) >= 11 is 0. The third-order valence-electron chi connectivity index (χ3n) is 3.99. The van der Waals surface area contributed by atoms with Gasteiger partial charge in [-0.05, 0) is 39.5 Å². The van der Waals surface area contributed by atoms with E-state index in [0.29, 0.717) is 0 Å². The molecule has 0 rings (SSSR count). The van der Waals surface area contributed by atoms with Gasteiger partial charge in [-0.15, -0.1) is 0 Å². The lowest BCUT2D eigenvalue weighted by molar-refractivity contribution is -0.889. The Hall–Kier alpha value is 1.38. The van der Waals surface area contributed by atoms with E-state index in [1.54, 1.807) is 0 Å². The van der Waals surface area contributed by atoms with Crippen molar-refractivity contribution in [3.63, 3.8) is 0 Å². The Morgan fingerprint density at radius 1 is 0.556 bits per heavy atom. The number of halogens is 2. The average molecular weight is 484 g/mol. The van der Waals surface area contributed by atoms with Gasteiger partial charge in [-0.1, -0.05) is 0 Å². The molecule has 114 valence electrons. The fourth-order valence-electron chi connectivity index (χ4n) is 1.75. The molecule has 0 N–H and O–H groups in total. The zero-order chi connectivity index (χ0) is 12.7. The zero-order valence-corrected chi connectivity index (χ0v) is 17.6. The van der Waals surface area contributed by atoms with Crippen molar-refractivity contribution in [2.24, 2.45) is 0 Å². The minimum absolute atomic E-state index is 0. The number of unbranched alkanes of at least 4 members (excludes halogenated alkanes) is 3. The highest BCUT2D eigenvalue weighted by molar-refractivity contribution is 4.43. The van der Waals surface area contributed by atoms with E-state index in [1.807, 2.05) is 0 Å². The first-order valence-electron chi connectivity index (χ1n) is 6.97. The van der Waals surface area contributed by atoms with Gasteiger partial charge in [-0.25, -0.2) is 0 Å². The highest BCUT2D eigenvalue weighted by Crippen LogP contribution is 2.07. The van der Waals surface area contributed by atoms with Crippen molar-refractivity contribution in [1.29, 1.82) is 0 Å². The third kappa shape index (κ3) is 13.8. The molecule has 0 spiro atoms. The van der Waals surface area contributed by atoms with Crippen LogP contribution in [0.25, 0.3) is 0 Å². The largest absolute Gasteiger partial charge is 1.00 e. The Kier molecular flexibility index (Phi) is 16.5. The standard InChI is InChI=1S/C14H34N2.2HI/c1-7-15(3,4)13-11-9-10-12-14-16(5,6)8-2;;/h7-14H2,1-6H3;2*1H/q+2;;/p-2. The monoisotopic (exact) mass is 484 g/mol. The van der Waals surface area contributed by atoms with E-state index < -0.39 is 0 Å². The normalized spacial score (nSPS) is 11.7. The van der Waals surface area contributed by atoms with Crippen molar-refractivity contribution in [2.45, 2.75) is 39.5 Å². The van der Waals surface area contributed by atoms with Gasteiger partial charge < -0.3 is 56.9 Å². The molecule has 0 saturated carbocycles. The van der Waals surface area contributed by atoms with Gasteiger partial charge in [-0.2, -0.15) is 0 Å². The van der Waals surface area contributed by atoms with E-state index in [2.05, 4.69) is 42.0 Å². The lowest BCUT2D eigenvalue weighted by Gasteiger charge is -2.29. The first-order valence-corrected chi connectivity index (χ1v) is 6.97. The Balaban J connectivity index is -0.00000112. The summed E-state index contributed by atoms with van der Waals surface area (Å²) in [4.78, 5) is 0. The average Bonchev–Trinajstić information content (AvgIpc) is 2.23. The van der Waals surface area contributed by atoms with Crippen LogP contribution in [0.4, 0.5) is 0 Å². The van der Waals surface area contributed by atoms with Crippen molar-refractivity contribution >= 4 is 0 Å². The fourth-order valence-corrected chi connectivity index (χ4v) is 1.75. The molecule has 0 aliphatic carbocycles. The minimum atomic E-state index is 0. The zero-order valence-electron chi connectivity index (χ0n) is 13.3. The van der Waals surface area contributed by atoms with Crippen LogP contribution >= 0.6 is 0 Å². The lowest BCUT2D eigenvalue weighted by Crippen LogP contribution is -3.00. The van der Waals surface area contributed by atoms with Gasteiger partial charge in [0.2, 0.25) is 0 Å². The molecule has 0 aromatic heterocycles. The van der Waals surface area contributed by atoms with Crippen LogP contribution in [0.3, 0.4) is 0 Å². The highest BCUT2D eigenvalue weighted by Gasteiger charge is 2.12. The maximum Gasteiger partial charge on any atom is 0.0782 e. The predicted octanol–water partition coefficient (Wildman–Crippen LogP) is -3.25. The predicted molar refractivity (Wildman–Crippen MR) is 73.5 cm³/mol. The van der Waals surface area contributed by atoms with Crippen LogP contribution in [0, 0.1) is 0 Å². The van der Waals surface area contributed by atoms with Crippen LogP contribution in [0.15, 0.2) is 0 Å². The molecule has 0 amide bonds. The highest BCUT2D eigenvalue weighted by atomic mass is 127. The van der Waals surface area contributed by atoms with E-state index in [4.69, 9.17) is 0 Å². The fraction of sp³-hybridized carbons (Fsp3) is 1.00. The van der Waals surface area contributed by atoms with E-state index >= 15 is 0 Å². The van der Waals surface area contributed by atoms with Crippen molar-refractivity contribution in [3.05, 3.63) is 0 Å². The Morgan fingerprint density at radius 3 is 1.06 bits per heavy atom. The van der Waals surface area contributed by atoms with Gasteiger partial charge in [0.15, 0.2) is 0 Å².